The molecule has 0 heterocycles. The summed E-state index contributed by atoms with van der Waals surface area (Å²) in [5, 5.41) is 6.04. The van der Waals surface area contributed by atoms with Crippen LogP contribution in [0, 0.1) is 83.1 Å². The number of hydrogen-bond acceptors (Lipinski definition) is 0. The zero-order valence-corrected chi connectivity index (χ0v) is 22.7. The molecule has 170 valence electrons. The molecular formula is C33H38. The summed E-state index contributed by atoms with van der Waals surface area (Å²) in [5.74, 6) is 0. The Kier molecular flexibility index (Phi) is 4.68. The van der Waals surface area contributed by atoms with E-state index in [0.717, 1.165) is 6.42 Å². The Morgan fingerprint density at radius 2 is 0.515 bits per heavy atom. The van der Waals surface area contributed by atoms with Gasteiger partial charge in [0.25, 0.3) is 0 Å². The lowest BCUT2D eigenvalue weighted by Crippen LogP contribution is -2.02. The quantitative estimate of drug-likeness (QED) is 0.228. The Morgan fingerprint density at radius 1 is 0.273 bits per heavy atom. The molecule has 0 atom stereocenters. The summed E-state index contributed by atoms with van der Waals surface area (Å²) in [6, 6.07) is 0. The minimum atomic E-state index is 1.05. The van der Waals surface area contributed by atoms with Crippen molar-refractivity contribution in [2.24, 2.45) is 0 Å². The summed E-state index contributed by atoms with van der Waals surface area (Å²) >= 11 is 0. The van der Waals surface area contributed by atoms with Gasteiger partial charge in [-0.05, 0) is 200 Å². The maximum absolute atomic E-state index is 2.37. The first-order chi connectivity index (χ1) is 15.4. The van der Waals surface area contributed by atoms with Crippen molar-refractivity contribution >= 4 is 21.5 Å². The molecule has 0 unspecified atom stereocenters. The minimum Gasteiger partial charge on any atom is -0.0444 e. The van der Waals surface area contributed by atoms with Gasteiger partial charge in [0.15, 0.2) is 0 Å². The van der Waals surface area contributed by atoms with Crippen LogP contribution in [0.1, 0.15) is 77.9 Å². The molecule has 0 saturated heterocycles. The molecule has 0 fully saturated rings. The zero-order valence-electron chi connectivity index (χ0n) is 22.7. The lowest BCUT2D eigenvalue weighted by molar-refractivity contribution is 1.20. The number of fused-ring (bicyclic) bond motifs is 7. The first-order valence-corrected chi connectivity index (χ1v) is 12.5. The highest BCUT2D eigenvalue weighted by atomic mass is 14.3. The van der Waals surface area contributed by atoms with Crippen molar-refractivity contribution in [3.63, 3.8) is 0 Å². The summed E-state index contributed by atoms with van der Waals surface area (Å²) in [6.45, 7) is 28.0. The maximum atomic E-state index is 2.37. The van der Waals surface area contributed by atoms with Gasteiger partial charge in [0, 0.05) is 0 Å². The summed E-state index contributed by atoms with van der Waals surface area (Å²) in [4.78, 5) is 0. The Morgan fingerprint density at radius 3 is 0.818 bits per heavy atom. The van der Waals surface area contributed by atoms with Crippen molar-refractivity contribution < 1.29 is 0 Å². The van der Waals surface area contributed by atoms with Gasteiger partial charge in [-0.3, -0.25) is 0 Å². The molecule has 1 aliphatic carbocycles. The molecule has 0 radical (unpaired) electrons. The van der Waals surface area contributed by atoms with Crippen molar-refractivity contribution in [3.05, 3.63) is 77.9 Å². The fourth-order valence-corrected chi connectivity index (χ4v) is 6.98. The van der Waals surface area contributed by atoms with Crippen molar-refractivity contribution in [2.75, 3.05) is 0 Å². The highest BCUT2D eigenvalue weighted by Gasteiger charge is 2.31. The lowest BCUT2D eigenvalue weighted by atomic mass is 9.81. The van der Waals surface area contributed by atoms with Crippen molar-refractivity contribution in [2.45, 2.75) is 89.5 Å². The van der Waals surface area contributed by atoms with Crippen LogP contribution in [0.25, 0.3) is 32.7 Å². The summed E-state index contributed by atoms with van der Waals surface area (Å²) in [6.07, 6.45) is 1.05. The van der Waals surface area contributed by atoms with Crippen LogP contribution in [0.4, 0.5) is 0 Å². The topological polar surface area (TPSA) is 0 Å². The molecule has 0 aliphatic heterocycles. The predicted molar refractivity (Wildman–Crippen MR) is 147 cm³/mol. The predicted octanol–water partition coefficient (Wildman–Crippen LogP) is 9.27. The van der Waals surface area contributed by atoms with E-state index in [2.05, 4.69) is 83.1 Å². The van der Waals surface area contributed by atoms with E-state index in [1.54, 1.807) is 11.1 Å². The standard InChI is InChI=1S/C33H38/c1-14-16(3)20(7)30-26-13-27-31-21(8)17(4)15(2)19(6)29(31)23(10)25(12)33(27)32(26)24(11)22(9)28(30)18(14)5/h13H2,1-12H3. The van der Waals surface area contributed by atoms with E-state index in [4.69, 9.17) is 0 Å². The monoisotopic (exact) mass is 434 g/mol. The minimum absolute atomic E-state index is 1.05. The fourth-order valence-electron chi connectivity index (χ4n) is 6.98. The van der Waals surface area contributed by atoms with Crippen LogP contribution >= 0.6 is 0 Å². The second kappa shape index (κ2) is 6.95. The first kappa shape index (κ1) is 22.2. The second-order valence-electron chi connectivity index (χ2n) is 10.9. The number of benzene rings is 4. The third kappa shape index (κ3) is 2.53. The molecule has 5 rings (SSSR count). The van der Waals surface area contributed by atoms with Gasteiger partial charge in [-0.25, -0.2) is 0 Å². The van der Waals surface area contributed by atoms with E-state index in [9.17, 15) is 0 Å². The molecule has 0 bridgehead atoms. The van der Waals surface area contributed by atoms with E-state index in [1.807, 2.05) is 0 Å². The van der Waals surface area contributed by atoms with E-state index in [0.29, 0.717) is 0 Å². The van der Waals surface area contributed by atoms with Crippen LogP contribution < -0.4 is 0 Å². The third-order valence-corrected chi connectivity index (χ3v) is 9.81. The van der Waals surface area contributed by atoms with Gasteiger partial charge < -0.3 is 0 Å². The molecule has 33 heavy (non-hydrogen) atoms. The second-order valence-corrected chi connectivity index (χ2v) is 10.9. The molecule has 1 aliphatic rings. The fraction of sp³-hybridized carbons (Fsp3) is 0.394. The van der Waals surface area contributed by atoms with Crippen molar-refractivity contribution in [3.8, 4) is 11.1 Å². The molecule has 4 aromatic carbocycles. The smallest absolute Gasteiger partial charge is 0.0000695 e. The largest absolute Gasteiger partial charge is 0.0444 e. The average molecular weight is 435 g/mol. The van der Waals surface area contributed by atoms with Crippen LogP contribution in [0.2, 0.25) is 0 Å². The van der Waals surface area contributed by atoms with Crippen LogP contribution in [0.15, 0.2) is 0 Å². The van der Waals surface area contributed by atoms with E-state index >= 15 is 0 Å². The molecular weight excluding hydrogens is 396 g/mol. The lowest BCUT2D eigenvalue weighted by Gasteiger charge is -2.23. The van der Waals surface area contributed by atoms with Gasteiger partial charge in [0.05, 0.1) is 0 Å². The zero-order chi connectivity index (χ0) is 24.3. The van der Waals surface area contributed by atoms with Crippen LogP contribution in [-0.2, 0) is 6.42 Å². The maximum Gasteiger partial charge on any atom is -0.0000695 e. The van der Waals surface area contributed by atoms with E-state index < -0.39 is 0 Å². The van der Waals surface area contributed by atoms with Gasteiger partial charge in [0.1, 0.15) is 0 Å². The molecule has 0 nitrogen and oxygen atoms in total. The van der Waals surface area contributed by atoms with Crippen LogP contribution in [0.3, 0.4) is 0 Å². The van der Waals surface area contributed by atoms with Gasteiger partial charge in [-0.2, -0.15) is 0 Å². The van der Waals surface area contributed by atoms with E-state index in [-0.39, 0.29) is 0 Å². The summed E-state index contributed by atoms with van der Waals surface area (Å²) in [7, 11) is 0. The Labute approximate surface area is 200 Å². The highest BCUT2D eigenvalue weighted by molar-refractivity contribution is 6.09. The molecule has 0 saturated carbocycles. The number of aryl methyl sites for hydroxylation is 6. The molecule has 0 aromatic heterocycles. The Balaban J connectivity index is 2.06. The van der Waals surface area contributed by atoms with Gasteiger partial charge >= 0.3 is 0 Å². The highest BCUT2D eigenvalue weighted by Crippen LogP contribution is 2.52. The van der Waals surface area contributed by atoms with E-state index in [1.165, 1.54) is 99.4 Å². The Bertz CT molecular complexity index is 1450. The van der Waals surface area contributed by atoms with Crippen LogP contribution in [-0.4, -0.2) is 0 Å². The normalized spacial score (nSPS) is 12.7. The molecule has 4 aromatic rings. The number of hydrogen-bond donors (Lipinski definition) is 0. The van der Waals surface area contributed by atoms with Gasteiger partial charge in [-0.15, -0.1) is 0 Å². The van der Waals surface area contributed by atoms with Gasteiger partial charge in [-0.1, -0.05) is 0 Å². The SMILES string of the molecule is Cc1c(C)c(C)c2c3c(c(C)c(C)c2c1C)-c1c(C)c(C)c2c(C)c(C)c(C)c(C)c2c1C3. The molecule has 0 N–H and O–H groups in total. The van der Waals surface area contributed by atoms with Gasteiger partial charge in [0.2, 0.25) is 0 Å². The van der Waals surface area contributed by atoms with Crippen molar-refractivity contribution in [1.29, 1.82) is 0 Å². The Hall–Kier alpha value is -2.60. The van der Waals surface area contributed by atoms with Crippen molar-refractivity contribution in [1.82, 2.24) is 0 Å². The number of rotatable bonds is 0. The third-order valence-electron chi connectivity index (χ3n) is 9.81. The molecule has 0 amide bonds. The summed E-state index contributed by atoms with van der Waals surface area (Å²) < 4.78 is 0. The molecule has 0 heteroatoms. The first-order valence-electron chi connectivity index (χ1n) is 12.5. The molecule has 0 spiro atoms. The average Bonchev–Trinajstić information content (AvgIpc) is 3.18. The summed E-state index contributed by atoms with van der Waals surface area (Å²) in [5.41, 5.74) is 23.7. The van der Waals surface area contributed by atoms with Crippen LogP contribution in [0.5, 0.6) is 0 Å².